The highest BCUT2D eigenvalue weighted by atomic mass is 16.5. The van der Waals surface area contributed by atoms with Crippen LogP contribution in [0, 0.1) is 13.8 Å². The fourth-order valence-electron chi connectivity index (χ4n) is 3.52. The number of aryl methyl sites for hydroxylation is 2. The van der Waals surface area contributed by atoms with Crippen molar-refractivity contribution in [2.24, 2.45) is 0 Å². The van der Waals surface area contributed by atoms with Crippen LogP contribution in [-0.2, 0) is 11.3 Å². The fraction of sp³-hybridized carbons (Fsp3) is 0.500. The molecule has 6 heteroatoms. The number of amides is 1. The molecule has 2 aromatic rings. The minimum absolute atomic E-state index is 0.0249. The number of carbonyl (C=O) groups excluding carboxylic acids is 1. The summed E-state index contributed by atoms with van der Waals surface area (Å²) in [5.41, 5.74) is 3.99. The van der Waals surface area contributed by atoms with Crippen LogP contribution in [0.4, 0.5) is 0 Å². The lowest BCUT2D eigenvalue weighted by atomic mass is 10.1. The molecule has 1 aromatic carbocycles. The van der Waals surface area contributed by atoms with Gasteiger partial charge in [0.25, 0.3) is 5.91 Å². The molecule has 1 aromatic heterocycles. The zero-order valence-electron chi connectivity index (χ0n) is 16.2. The number of rotatable bonds is 5. The quantitative estimate of drug-likeness (QED) is 0.895. The molecule has 0 aliphatic carbocycles. The number of carbonyl (C=O) groups is 1. The van der Waals surface area contributed by atoms with Crippen molar-refractivity contribution in [2.75, 3.05) is 27.7 Å². The summed E-state index contributed by atoms with van der Waals surface area (Å²) in [6, 6.07) is 8.07. The molecule has 2 heterocycles. The average molecular weight is 356 g/mol. The summed E-state index contributed by atoms with van der Waals surface area (Å²) < 4.78 is 5.62. The van der Waals surface area contributed by atoms with Crippen molar-refractivity contribution in [3.8, 4) is 0 Å². The van der Waals surface area contributed by atoms with Gasteiger partial charge in [0.05, 0.1) is 17.8 Å². The zero-order chi connectivity index (χ0) is 18.8. The lowest BCUT2D eigenvalue weighted by Gasteiger charge is -2.23. The van der Waals surface area contributed by atoms with Gasteiger partial charge in [-0.3, -0.25) is 9.69 Å². The summed E-state index contributed by atoms with van der Waals surface area (Å²) >= 11 is 0. The van der Waals surface area contributed by atoms with E-state index in [2.05, 4.69) is 22.9 Å². The topological polar surface area (TPSA) is 61.5 Å². The van der Waals surface area contributed by atoms with Crippen molar-refractivity contribution >= 4 is 5.91 Å². The Kier molecular flexibility index (Phi) is 5.44. The highest BCUT2D eigenvalue weighted by Gasteiger charge is 2.35. The molecule has 140 valence electrons. The summed E-state index contributed by atoms with van der Waals surface area (Å²) in [7, 11) is 5.31. The predicted octanol–water partition coefficient (Wildman–Crippen LogP) is 2.69. The number of ether oxygens (including phenoxy) is 1. The molecule has 1 amide bonds. The average Bonchev–Trinajstić information content (AvgIpc) is 3.17. The van der Waals surface area contributed by atoms with Gasteiger partial charge in [-0.05, 0) is 38.0 Å². The third kappa shape index (κ3) is 3.81. The van der Waals surface area contributed by atoms with E-state index in [0.29, 0.717) is 0 Å². The number of H-pyrrole nitrogens is 1. The Labute approximate surface area is 155 Å². The van der Waals surface area contributed by atoms with Gasteiger partial charge in [-0.1, -0.05) is 12.1 Å². The van der Waals surface area contributed by atoms with Gasteiger partial charge in [0.15, 0.2) is 0 Å². The first kappa shape index (κ1) is 18.6. The summed E-state index contributed by atoms with van der Waals surface area (Å²) in [4.78, 5) is 24.4. The fourth-order valence-corrected chi connectivity index (χ4v) is 3.52. The molecule has 3 rings (SSSR count). The molecule has 26 heavy (non-hydrogen) atoms. The van der Waals surface area contributed by atoms with Gasteiger partial charge >= 0.3 is 0 Å². The summed E-state index contributed by atoms with van der Waals surface area (Å²) in [5.74, 6) is 1.02. The number of aromatic nitrogens is 2. The number of imidazole rings is 1. The molecule has 0 unspecified atom stereocenters. The Hall–Kier alpha value is -2.18. The molecule has 1 aliphatic heterocycles. The third-order valence-corrected chi connectivity index (χ3v) is 5.13. The number of likely N-dealkylation sites (tertiary alicyclic amines) is 1. The van der Waals surface area contributed by atoms with Gasteiger partial charge in [-0.25, -0.2) is 4.98 Å². The van der Waals surface area contributed by atoms with Gasteiger partial charge < -0.3 is 14.6 Å². The van der Waals surface area contributed by atoms with Crippen LogP contribution in [0.25, 0.3) is 0 Å². The molecule has 2 atom stereocenters. The van der Waals surface area contributed by atoms with E-state index < -0.39 is 0 Å². The Morgan fingerprint density at radius 1 is 1.38 bits per heavy atom. The Morgan fingerprint density at radius 3 is 2.77 bits per heavy atom. The number of benzene rings is 1. The van der Waals surface area contributed by atoms with Crippen molar-refractivity contribution in [1.82, 2.24) is 19.8 Å². The van der Waals surface area contributed by atoms with Crippen molar-refractivity contribution < 1.29 is 9.53 Å². The third-order valence-electron chi connectivity index (χ3n) is 5.13. The lowest BCUT2D eigenvalue weighted by molar-refractivity contribution is 0.0827. The molecule has 0 saturated carbocycles. The summed E-state index contributed by atoms with van der Waals surface area (Å²) in [6.45, 7) is 5.69. The zero-order valence-corrected chi connectivity index (χ0v) is 16.2. The molecule has 0 spiro atoms. The van der Waals surface area contributed by atoms with Crippen LogP contribution in [0.3, 0.4) is 0 Å². The molecular formula is C20H28N4O2. The van der Waals surface area contributed by atoms with Gasteiger partial charge in [0, 0.05) is 45.6 Å². The number of hydrogen-bond acceptors (Lipinski definition) is 4. The molecule has 0 bridgehead atoms. The van der Waals surface area contributed by atoms with Crippen LogP contribution in [0.15, 0.2) is 24.3 Å². The van der Waals surface area contributed by atoms with Crippen molar-refractivity contribution in [3.05, 3.63) is 52.6 Å². The van der Waals surface area contributed by atoms with E-state index in [9.17, 15) is 4.79 Å². The number of hydrogen-bond donors (Lipinski definition) is 1. The van der Waals surface area contributed by atoms with E-state index in [1.807, 2.05) is 25.1 Å². The normalized spacial score (nSPS) is 20.5. The second kappa shape index (κ2) is 7.60. The first-order valence-corrected chi connectivity index (χ1v) is 8.99. The molecule has 1 N–H and O–H groups in total. The second-order valence-corrected chi connectivity index (χ2v) is 7.27. The van der Waals surface area contributed by atoms with Crippen LogP contribution in [0.2, 0.25) is 0 Å². The minimum atomic E-state index is 0.0249. The maximum absolute atomic E-state index is 12.2. The maximum atomic E-state index is 12.2. The van der Waals surface area contributed by atoms with Crippen LogP contribution in [0.1, 0.15) is 45.6 Å². The smallest absolute Gasteiger partial charge is 0.253 e. The molecule has 1 fully saturated rings. The Bertz CT molecular complexity index is 764. The van der Waals surface area contributed by atoms with Crippen LogP contribution in [0.5, 0.6) is 0 Å². The van der Waals surface area contributed by atoms with E-state index in [1.165, 1.54) is 0 Å². The highest BCUT2D eigenvalue weighted by molar-refractivity contribution is 5.94. The maximum Gasteiger partial charge on any atom is 0.253 e. The molecule has 6 nitrogen and oxygen atoms in total. The summed E-state index contributed by atoms with van der Waals surface area (Å²) in [5, 5.41) is 0. The van der Waals surface area contributed by atoms with E-state index in [0.717, 1.165) is 47.8 Å². The van der Waals surface area contributed by atoms with Gasteiger partial charge in [0.2, 0.25) is 0 Å². The van der Waals surface area contributed by atoms with Crippen molar-refractivity contribution in [1.29, 1.82) is 0 Å². The summed E-state index contributed by atoms with van der Waals surface area (Å²) in [6.07, 6.45) is 1.11. The first-order chi connectivity index (χ1) is 12.4. The number of aromatic amines is 1. The van der Waals surface area contributed by atoms with E-state index in [1.54, 1.807) is 26.1 Å². The second-order valence-electron chi connectivity index (χ2n) is 7.27. The van der Waals surface area contributed by atoms with E-state index in [4.69, 9.17) is 9.72 Å². The Balaban J connectivity index is 1.82. The predicted molar refractivity (Wildman–Crippen MR) is 101 cm³/mol. The number of nitrogens with zero attached hydrogens (tertiary/aromatic N) is 3. The molecule has 0 radical (unpaired) electrons. The SMILES string of the molecule is CO[C@@H]1C[C@@H](c2nc(C)c(C)[nH]2)N(Cc2cccc(C(=O)N(C)C)c2)C1. The van der Waals surface area contributed by atoms with Crippen molar-refractivity contribution in [3.63, 3.8) is 0 Å². The van der Waals surface area contributed by atoms with E-state index >= 15 is 0 Å². The lowest BCUT2D eigenvalue weighted by Crippen LogP contribution is -2.26. The molecule has 1 saturated heterocycles. The monoisotopic (exact) mass is 356 g/mol. The highest BCUT2D eigenvalue weighted by Crippen LogP contribution is 2.33. The van der Waals surface area contributed by atoms with Gasteiger partial charge in [-0.15, -0.1) is 0 Å². The molecular weight excluding hydrogens is 328 g/mol. The number of nitrogens with one attached hydrogen (secondary N) is 1. The van der Waals surface area contributed by atoms with E-state index in [-0.39, 0.29) is 18.1 Å². The molecule has 1 aliphatic rings. The Morgan fingerprint density at radius 2 is 2.15 bits per heavy atom. The van der Waals surface area contributed by atoms with Crippen LogP contribution in [-0.4, -0.2) is 59.5 Å². The van der Waals surface area contributed by atoms with Crippen LogP contribution >= 0.6 is 0 Å². The van der Waals surface area contributed by atoms with Crippen molar-refractivity contribution in [2.45, 2.75) is 39.0 Å². The number of methoxy groups -OCH3 is 1. The van der Waals surface area contributed by atoms with Gasteiger partial charge in [-0.2, -0.15) is 0 Å². The standard InChI is InChI=1S/C20H28N4O2/c1-13-14(2)22-19(21-13)18-10-17(26-5)12-24(18)11-15-7-6-8-16(9-15)20(25)23(3)4/h6-9,17-18H,10-12H2,1-5H3,(H,21,22)/t17-,18+/m1/s1. The minimum Gasteiger partial charge on any atom is -0.380 e. The van der Waals surface area contributed by atoms with Gasteiger partial charge in [0.1, 0.15) is 5.82 Å². The first-order valence-electron chi connectivity index (χ1n) is 8.99. The van der Waals surface area contributed by atoms with Crippen LogP contribution < -0.4 is 0 Å². The largest absolute Gasteiger partial charge is 0.380 e.